The summed E-state index contributed by atoms with van der Waals surface area (Å²) in [5, 5.41) is 20.9. The van der Waals surface area contributed by atoms with Gasteiger partial charge in [0, 0.05) is 22.9 Å². The van der Waals surface area contributed by atoms with E-state index in [0.717, 1.165) is 28.7 Å². The molecule has 7 heteroatoms. The Hall–Kier alpha value is -2.31. The van der Waals surface area contributed by atoms with Gasteiger partial charge in [0.1, 0.15) is 0 Å². The Labute approximate surface area is 154 Å². The van der Waals surface area contributed by atoms with Gasteiger partial charge < -0.3 is 14.5 Å². The SMILES string of the molecule is CCn1c(SCc2cccc(C(=O)[O-])c2)nnc1-c1cccc(Cl)c1. The highest BCUT2D eigenvalue weighted by molar-refractivity contribution is 7.98. The minimum absolute atomic E-state index is 0.176. The fourth-order valence-electron chi connectivity index (χ4n) is 2.46. The normalized spacial score (nSPS) is 10.8. The predicted molar refractivity (Wildman–Crippen MR) is 96.5 cm³/mol. The van der Waals surface area contributed by atoms with Crippen LogP contribution in [-0.4, -0.2) is 20.7 Å². The number of carbonyl (C=O) groups excluding carboxylic acids is 1. The fourth-order valence-corrected chi connectivity index (χ4v) is 3.59. The summed E-state index contributed by atoms with van der Waals surface area (Å²) in [5.41, 5.74) is 1.98. The van der Waals surface area contributed by atoms with E-state index in [1.54, 1.807) is 12.1 Å². The molecular formula is C18H15ClN3O2S-. The first-order valence-electron chi connectivity index (χ1n) is 7.70. The van der Waals surface area contributed by atoms with Crippen molar-refractivity contribution in [3.63, 3.8) is 0 Å². The van der Waals surface area contributed by atoms with Crippen LogP contribution in [0.2, 0.25) is 5.02 Å². The maximum absolute atomic E-state index is 11.0. The number of carboxylic acids is 1. The minimum Gasteiger partial charge on any atom is -0.545 e. The van der Waals surface area contributed by atoms with Gasteiger partial charge in [0.25, 0.3) is 0 Å². The zero-order valence-electron chi connectivity index (χ0n) is 13.5. The first kappa shape index (κ1) is 17.5. The lowest BCUT2D eigenvalue weighted by atomic mass is 10.1. The molecule has 0 saturated heterocycles. The van der Waals surface area contributed by atoms with E-state index in [9.17, 15) is 9.90 Å². The summed E-state index contributed by atoms with van der Waals surface area (Å²) in [4.78, 5) is 11.0. The Kier molecular flexibility index (Phi) is 5.40. The van der Waals surface area contributed by atoms with Crippen LogP contribution in [0.25, 0.3) is 11.4 Å². The third kappa shape index (κ3) is 4.03. The molecule has 0 unspecified atom stereocenters. The van der Waals surface area contributed by atoms with E-state index < -0.39 is 5.97 Å². The Bertz CT molecular complexity index is 911. The van der Waals surface area contributed by atoms with Gasteiger partial charge in [-0.2, -0.15) is 0 Å². The van der Waals surface area contributed by atoms with Crippen molar-refractivity contribution in [2.45, 2.75) is 24.4 Å². The molecule has 2 aromatic carbocycles. The number of carbonyl (C=O) groups is 1. The van der Waals surface area contributed by atoms with Crippen molar-refractivity contribution in [3.05, 3.63) is 64.7 Å². The van der Waals surface area contributed by atoms with Gasteiger partial charge in [-0.25, -0.2) is 0 Å². The van der Waals surface area contributed by atoms with Gasteiger partial charge in [0.15, 0.2) is 11.0 Å². The van der Waals surface area contributed by atoms with Gasteiger partial charge in [-0.3, -0.25) is 0 Å². The van der Waals surface area contributed by atoms with Crippen molar-refractivity contribution in [1.29, 1.82) is 0 Å². The molecule has 0 aliphatic heterocycles. The van der Waals surface area contributed by atoms with E-state index in [4.69, 9.17) is 11.6 Å². The number of thioether (sulfide) groups is 1. The van der Waals surface area contributed by atoms with Crippen molar-refractivity contribution >= 4 is 29.3 Å². The van der Waals surface area contributed by atoms with Gasteiger partial charge in [0.05, 0.1) is 5.97 Å². The van der Waals surface area contributed by atoms with Gasteiger partial charge in [-0.1, -0.05) is 53.7 Å². The molecule has 0 N–H and O–H groups in total. The standard InChI is InChI=1S/C18H16ClN3O2S/c1-2-22-16(13-6-4-8-15(19)10-13)20-21-18(22)25-11-12-5-3-7-14(9-12)17(23)24/h3-10H,2,11H2,1H3,(H,23,24)/p-1. The minimum atomic E-state index is -1.17. The highest BCUT2D eigenvalue weighted by Crippen LogP contribution is 2.27. The molecule has 0 saturated carbocycles. The van der Waals surface area contributed by atoms with E-state index in [0.29, 0.717) is 10.8 Å². The molecule has 0 atom stereocenters. The first-order chi connectivity index (χ1) is 12.1. The van der Waals surface area contributed by atoms with Crippen molar-refractivity contribution in [2.24, 2.45) is 0 Å². The van der Waals surface area contributed by atoms with Gasteiger partial charge in [0.2, 0.25) is 0 Å². The third-order valence-corrected chi connectivity index (χ3v) is 4.92. The number of aromatic nitrogens is 3. The number of halogens is 1. The van der Waals surface area contributed by atoms with Crippen LogP contribution in [0, 0.1) is 0 Å². The molecule has 25 heavy (non-hydrogen) atoms. The zero-order valence-corrected chi connectivity index (χ0v) is 15.0. The van der Waals surface area contributed by atoms with Crippen molar-refractivity contribution in [1.82, 2.24) is 14.8 Å². The number of nitrogens with zero attached hydrogens (tertiary/aromatic N) is 3. The average molecular weight is 373 g/mol. The summed E-state index contributed by atoms with van der Waals surface area (Å²) in [6.45, 7) is 2.74. The highest BCUT2D eigenvalue weighted by atomic mass is 35.5. The zero-order chi connectivity index (χ0) is 17.8. The van der Waals surface area contributed by atoms with Gasteiger partial charge >= 0.3 is 0 Å². The Balaban J connectivity index is 1.82. The van der Waals surface area contributed by atoms with Gasteiger partial charge in [-0.05, 0) is 36.2 Å². The number of aromatic carboxylic acids is 1. The molecule has 128 valence electrons. The van der Waals surface area contributed by atoms with Crippen LogP contribution < -0.4 is 5.11 Å². The summed E-state index contributed by atoms with van der Waals surface area (Å²) in [5.74, 6) is 0.178. The van der Waals surface area contributed by atoms with Crippen LogP contribution in [0.1, 0.15) is 22.8 Å². The summed E-state index contributed by atoms with van der Waals surface area (Å²) in [7, 11) is 0. The second kappa shape index (κ2) is 7.72. The predicted octanol–water partition coefficient (Wildman–Crippen LogP) is 3.27. The smallest absolute Gasteiger partial charge is 0.191 e. The molecular weight excluding hydrogens is 358 g/mol. The molecule has 3 rings (SSSR count). The van der Waals surface area contributed by atoms with E-state index >= 15 is 0 Å². The van der Waals surface area contributed by atoms with E-state index in [1.807, 2.05) is 41.8 Å². The molecule has 1 aromatic heterocycles. The van der Waals surface area contributed by atoms with Crippen LogP contribution in [0.15, 0.2) is 53.7 Å². The van der Waals surface area contributed by atoms with E-state index in [1.165, 1.54) is 17.8 Å². The molecule has 0 spiro atoms. The Morgan fingerprint density at radius 2 is 2.00 bits per heavy atom. The van der Waals surface area contributed by atoms with Crippen molar-refractivity contribution in [3.8, 4) is 11.4 Å². The highest BCUT2D eigenvalue weighted by Gasteiger charge is 2.13. The van der Waals surface area contributed by atoms with E-state index in [2.05, 4.69) is 10.2 Å². The summed E-state index contributed by atoms with van der Waals surface area (Å²) < 4.78 is 2.01. The molecule has 0 fully saturated rings. The molecule has 0 bridgehead atoms. The van der Waals surface area contributed by atoms with Crippen LogP contribution in [0.4, 0.5) is 0 Å². The maximum atomic E-state index is 11.0. The Morgan fingerprint density at radius 1 is 1.20 bits per heavy atom. The largest absolute Gasteiger partial charge is 0.545 e. The first-order valence-corrected chi connectivity index (χ1v) is 9.07. The van der Waals surface area contributed by atoms with Crippen molar-refractivity contribution in [2.75, 3.05) is 0 Å². The summed E-state index contributed by atoms with van der Waals surface area (Å²) in [6, 6.07) is 14.2. The summed E-state index contributed by atoms with van der Waals surface area (Å²) in [6.07, 6.45) is 0. The molecule has 0 aliphatic carbocycles. The average Bonchev–Trinajstić information content (AvgIpc) is 3.03. The molecule has 0 radical (unpaired) electrons. The lowest BCUT2D eigenvalue weighted by Gasteiger charge is -2.08. The van der Waals surface area contributed by atoms with E-state index in [-0.39, 0.29) is 5.56 Å². The molecule has 0 aliphatic rings. The van der Waals surface area contributed by atoms with Crippen molar-refractivity contribution < 1.29 is 9.90 Å². The van der Waals surface area contributed by atoms with Crippen LogP contribution >= 0.6 is 23.4 Å². The lowest BCUT2D eigenvalue weighted by Crippen LogP contribution is -2.22. The third-order valence-electron chi connectivity index (χ3n) is 3.65. The molecule has 5 nitrogen and oxygen atoms in total. The van der Waals surface area contributed by atoms with Crippen LogP contribution in [0.3, 0.4) is 0 Å². The quantitative estimate of drug-likeness (QED) is 0.621. The number of carboxylic acid groups (broad SMARTS) is 1. The number of rotatable bonds is 6. The molecule has 3 aromatic rings. The second-order valence-electron chi connectivity index (χ2n) is 5.34. The van der Waals surface area contributed by atoms with Crippen LogP contribution in [-0.2, 0) is 12.3 Å². The maximum Gasteiger partial charge on any atom is 0.191 e. The topological polar surface area (TPSA) is 70.8 Å². The number of hydrogen-bond donors (Lipinski definition) is 0. The second-order valence-corrected chi connectivity index (χ2v) is 6.72. The number of hydrogen-bond acceptors (Lipinski definition) is 5. The summed E-state index contributed by atoms with van der Waals surface area (Å²) >= 11 is 7.57. The monoisotopic (exact) mass is 372 g/mol. The lowest BCUT2D eigenvalue weighted by molar-refractivity contribution is -0.255. The Morgan fingerprint density at radius 3 is 2.72 bits per heavy atom. The molecule has 0 amide bonds. The van der Waals surface area contributed by atoms with Crippen LogP contribution in [0.5, 0.6) is 0 Å². The van der Waals surface area contributed by atoms with Gasteiger partial charge in [-0.15, -0.1) is 10.2 Å². The molecule has 1 heterocycles. The fraction of sp³-hybridized carbons (Fsp3) is 0.167. The number of benzene rings is 2.